The number of hydrogen-bond acceptors (Lipinski definition) is 8. The van der Waals surface area contributed by atoms with E-state index in [4.69, 9.17) is 28.7 Å². The molecule has 2 aromatic carbocycles. The van der Waals surface area contributed by atoms with Gasteiger partial charge in [-0.1, -0.05) is 5.21 Å². The van der Waals surface area contributed by atoms with Gasteiger partial charge in [-0.15, -0.1) is 4.68 Å². The zero-order valence-corrected chi connectivity index (χ0v) is 30.5. The minimum absolute atomic E-state index is 0.466. The maximum Gasteiger partial charge on any atom is 0.677 e. The van der Waals surface area contributed by atoms with Crippen molar-refractivity contribution in [2.75, 3.05) is 78.0 Å². The topological polar surface area (TPSA) is 99.2 Å². The standard InChI is InChI=1S/C38H45BF2N6O5/c1-26-22-28(3)42-37(26)36(38-27(2)23-29(4)47(38)39(40)41)30-6-9-32(10-7-30)46-25-33(43-44-46)31-8-11-34(35(24-31)48-5)45-12-14-49-16-18-51-20-21-52-19-17-50-15-13-45/h6-11,22-25H,12-21H2,1-5H3/p+1/b37-36-. The number of methoxy groups -OCH3 is 1. The Labute approximate surface area is 303 Å². The van der Waals surface area contributed by atoms with E-state index < -0.39 is 7.40 Å². The van der Waals surface area contributed by atoms with Gasteiger partial charge in [0.25, 0.3) is 0 Å². The van der Waals surface area contributed by atoms with Crippen LogP contribution in [-0.4, -0.2) is 101 Å². The van der Waals surface area contributed by atoms with Gasteiger partial charge in [-0.3, -0.25) is 13.6 Å². The number of rotatable bonds is 7. The van der Waals surface area contributed by atoms with Crippen LogP contribution in [0.3, 0.4) is 0 Å². The molecule has 0 unspecified atom stereocenters. The van der Waals surface area contributed by atoms with Crippen molar-refractivity contribution in [1.82, 2.24) is 14.8 Å². The van der Waals surface area contributed by atoms with Crippen LogP contribution in [0.4, 0.5) is 14.3 Å². The lowest BCUT2D eigenvalue weighted by Gasteiger charge is -2.26. The Morgan fingerprint density at radius 2 is 1.48 bits per heavy atom. The molecule has 0 bridgehead atoms. The van der Waals surface area contributed by atoms with Crippen molar-refractivity contribution in [2.45, 2.75) is 27.7 Å². The first-order chi connectivity index (χ1) is 25.2. The number of allylic oxidation sites excluding steroid dienone is 2. The summed E-state index contributed by atoms with van der Waals surface area (Å²) < 4.78 is 60.3. The second kappa shape index (κ2) is 17.3. The van der Waals surface area contributed by atoms with Crippen molar-refractivity contribution < 1.29 is 37.0 Å². The van der Waals surface area contributed by atoms with E-state index in [9.17, 15) is 8.63 Å². The average molecular weight is 716 g/mol. The molecule has 1 saturated heterocycles. The Kier molecular flexibility index (Phi) is 12.3. The summed E-state index contributed by atoms with van der Waals surface area (Å²) in [7, 11) is -1.03. The van der Waals surface area contributed by atoms with E-state index in [-0.39, 0.29) is 0 Å². The van der Waals surface area contributed by atoms with Crippen LogP contribution in [0.2, 0.25) is 0 Å². The molecule has 52 heavy (non-hydrogen) atoms. The second-order valence-electron chi connectivity index (χ2n) is 12.7. The molecular formula is C38H46BF2N6O5+. The Morgan fingerprint density at radius 3 is 2.06 bits per heavy atom. The van der Waals surface area contributed by atoms with Crippen LogP contribution >= 0.6 is 0 Å². The molecule has 4 heterocycles. The molecule has 0 radical (unpaired) electrons. The second-order valence-corrected chi connectivity index (χ2v) is 12.7. The molecule has 2 aliphatic heterocycles. The average Bonchev–Trinajstić information content (AvgIpc) is 3.83. The summed E-state index contributed by atoms with van der Waals surface area (Å²) in [6.07, 6.45) is 3.88. The predicted octanol–water partition coefficient (Wildman–Crippen LogP) is 5.62. The SMILES string of the molecule is COc1cc(-c2c[n+](-c3ccc(/C(=C4/N=C(C)C=C4C)c4c(C)cc(C)n4B(F)F)cc3)[nH]n2)ccc1N1CCOCCOCCOCCOCC1. The van der Waals surface area contributed by atoms with Crippen molar-refractivity contribution in [2.24, 2.45) is 4.99 Å². The molecule has 2 aromatic heterocycles. The number of benzene rings is 2. The summed E-state index contributed by atoms with van der Waals surface area (Å²) >= 11 is 0. The molecule has 2 aliphatic rings. The molecule has 0 saturated carbocycles. The van der Waals surface area contributed by atoms with Crippen LogP contribution in [0, 0.1) is 13.8 Å². The Bertz CT molecular complexity index is 1920. The van der Waals surface area contributed by atoms with Crippen molar-refractivity contribution in [3.63, 3.8) is 0 Å². The number of hydrogen-bond donors (Lipinski definition) is 1. The molecule has 1 fully saturated rings. The molecule has 0 aliphatic carbocycles. The first kappa shape index (κ1) is 37.1. The zero-order chi connectivity index (χ0) is 36.6. The van der Waals surface area contributed by atoms with Crippen LogP contribution in [0.1, 0.15) is 36.4 Å². The highest BCUT2D eigenvalue weighted by Crippen LogP contribution is 2.37. The van der Waals surface area contributed by atoms with E-state index >= 15 is 0 Å². The summed E-state index contributed by atoms with van der Waals surface area (Å²) in [6.45, 7) is 12.9. The van der Waals surface area contributed by atoms with Crippen LogP contribution in [0.5, 0.6) is 5.75 Å². The van der Waals surface area contributed by atoms with Gasteiger partial charge in [0.05, 0.1) is 71.3 Å². The number of anilines is 1. The number of halogens is 2. The molecule has 0 amide bonds. The smallest absolute Gasteiger partial charge is 0.495 e. The number of aliphatic imine (C=N–C) groups is 1. The van der Waals surface area contributed by atoms with Crippen LogP contribution in [0.15, 0.2) is 77.1 Å². The third-order valence-electron chi connectivity index (χ3n) is 9.08. The zero-order valence-electron chi connectivity index (χ0n) is 30.5. The Morgan fingerprint density at radius 1 is 0.846 bits per heavy atom. The molecule has 11 nitrogen and oxygen atoms in total. The van der Waals surface area contributed by atoms with Crippen LogP contribution in [0.25, 0.3) is 22.5 Å². The van der Waals surface area contributed by atoms with Gasteiger partial charge < -0.3 is 33.1 Å². The fourth-order valence-corrected chi connectivity index (χ4v) is 6.61. The third kappa shape index (κ3) is 8.53. The van der Waals surface area contributed by atoms with Gasteiger partial charge in [0, 0.05) is 46.4 Å². The van der Waals surface area contributed by atoms with E-state index in [1.54, 1.807) is 20.1 Å². The highest BCUT2D eigenvalue weighted by Gasteiger charge is 2.29. The van der Waals surface area contributed by atoms with Crippen molar-refractivity contribution in [3.8, 4) is 22.7 Å². The number of H-pyrrole nitrogens is 1. The van der Waals surface area contributed by atoms with E-state index in [1.807, 2.05) is 80.2 Å². The number of ether oxygens (including phenoxy) is 5. The first-order valence-electron chi connectivity index (χ1n) is 17.5. The number of nitrogens with one attached hydrogen (secondary N) is 1. The maximum atomic E-state index is 14.4. The highest BCUT2D eigenvalue weighted by molar-refractivity contribution is 6.41. The largest absolute Gasteiger partial charge is 0.677 e. The Hall–Kier alpha value is -4.63. The van der Waals surface area contributed by atoms with Gasteiger partial charge >= 0.3 is 7.40 Å². The first-order valence-corrected chi connectivity index (χ1v) is 17.5. The summed E-state index contributed by atoms with van der Waals surface area (Å²) in [4.78, 5) is 6.95. The summed E-state index contributed by atoms with van der Waals surface area (Å²) in [5, 5.41) is 7.68. The monoisotopic (exact) mass is 715 g/mol. The molecule has 0 atom stereocenters. The molecule has 274 valence electrons. The minimum atomic E-state index is -2.69. The van der Waals surface area contributed by atoms with Gasteiger partial charge in [0.15, 0.2) is 11.9 Å². The molecule has 4 aromatic rings. The molecule has 14 heteroatoms. The van der Waals surface area contributed by atoms with E-state index in [2.05, 4.69) is 15.2 Å². The van der Waals surface area contributed by atoms with E-state index in [0.717, 1.165) is 49.5 Å². The van der Waals surface area contributed by atoms with Gasteiger partial charge in [-0.25, -0.2) is 0 Å². The lowest BCUT2D eigenvalue weighted by atomic mass is 9.94. The minimum Gasteiger partial charge on any atom is -0.495 e. The fourth-order valence-electron chi connectivity index (χ4n) is 6.61. The quantitative estimate of drug-likeness (QED) is 0.196. The van der Waals surface area contributed by atoms with Gasteiger partial charge in [-0.05, 0) is 99.0 Å². The van der Waals surface area contributed by atoms with Gasteiger partial charge in [-0.2, -0.15) is 0 Å². The lowest BCUT2D eigenvalue weighted by Crippen LogP contribution is -2.32. The van der Waals surface area contributed by atoms with Crippen molar-refractivity contribution in [3.05, 3.63) is 94.6 Å². The molecular weight excluding hydrogens is 669 g/mol. The lowest BCUT2D eigenvalue weighted by molar-refractivity contribution is -0.659. The number of aromatic amines is 1. The Balaban J connectivity index is 1.24. The molecule has 1 N–H and O–H groups in total. The molecule has 6 rings (SSSR count). The van der Waals surface area contributed by atoms with Crippen LogP contribution in [-0.2, 0) is 18.9 Å². The van der Waals surface area contributed by atoms with Crippen molar-refractivity contribution >= 4 is 24.4 Å². The summed E-state index contributed by atoms with van der Waals surface area (Å²) in [5.74, 6) is 0.704. The normalized spacial score (nSPS) is 17.6. The van der Waals surface area contributed by atoms with Gasteiger partial charge in [0.2, 0.25) is 5.69 Å². The number of aromatic nitrogens is 4. The summed E-state index contributed by atoms with van der Waals surface area (Å²) in [5.41, 5.74) is 8.99. The van der Waals surface area contributed by atoms with E-state index in [1.165, 1.54) is 0 Å². The van der Waals surface area contributed by atoms with Crippen molar-refractivity contribution in [1.29, 1.82) is 0 Å². The van der Waals surface area contributed by atoms with Crippen LogP contribution < -0.4 is 14.3 Å². The maximum absolute atomic E-state index is 14.4. The third-order valence-corrected chi connectivity index (χ3v) is 9.08. The molecule has 0 spiro atoms. The summed E-state index contributed by atoms with van der Waals surface area (Å²) in [6, 6.07) is 15.6. The number of nitrogens with zero attached hydrogens (tertiary/aromatic N) is 5. The predicted molar refractivity (Wildman–Crippen MR) is 198 cm³/mol. The fraction of sp³-hybridized carbons (Fsp3) is 0.395. The number of aryl methyl sites for hydroxylation is 2. The highest BCUT2D eigenvalue weighted by atomic mass is 19.2. The van der Waals surface area contributed by atoms with Gasteiger partial charge in [0.1, 0.15) is 5.75 Å². The van der Waals surface area contributed by atoms with E-state index in [0.29, 0.717) is 94.4 Å².